The summed E-state index contributed by atoms with van der Waals surface area (Å²) in [7, 11) is 0. The molecule has 0 atom stereocenters. The van der Waals surface area contributed by atoms with Crippen LogP contribution in [0.2, 0.25) is 0 Å². The van der Waals surface area contributed by atoms with Gasteiger partial charge >= 0.3 is 5.97 Å². The molecule has 1 amide bonds. The van der Waals surface area contributed by atoms with Gasteiger partial charge in [0.05, 0.1) is 23.0 Å². The molecule has 1 aromatic heterocycles. The monoisotopic (exact) mass is 446 g/mol. The highest BCUT2D eigenvalue weighted by molar-refractivity contribution is 14.1. The number of benzene rings is 1. The number of carboxylic acid groups (broad SMARTS) is 1. The van der Waals surface area contributed by atoms with Crippen molar-refractivity contribution in [3.05, 3.63) is 55.8 Å². The predicted molar refractivity (Wildman–Crippen MR) is 86.0 cm³/mol. The Hall–Kier alpha value is -1.48. The Morgan fingerprint density at radius 1 is 1.25 bits per heavy atom. The first-order valence-electron chi connectivity index (χ1n) is 5.42. The lowest BCUT2D eigenvalue weighted by Crippen LogP contribution is -2.16. The summed E-state index contributed by atoms with van der Waals surface area (Å²) in [6.45, 7) is 0. The van der Waals surface area contributed by atoms with Crippen LogP contribution in [0, 0.1) is 3.57 Å². The molecule has 0 saturated heterocycles. The second-order valence-electron chi connectivity index (χ2n) is 3.80. The zero-order valence-corrected chi connectivity index (χ0v) is 13.7. The van der Waals surface area contributed by atoms with Crippen LogP contribution in [-0.2, 0) is 0 Å². The van der Waals surface area contributed by atoms with E-state index in [-0.39, 0.29) is 17.2 Å². The number of aromatic carboxylic acids is 1. The van der Waals surface area contributed by atoms with Crippen molar-refractivity contribution in [2.75, 3.05) is 5.32 Å². The van der Waals surface area contributed by atoms with Crippen molar-refractivity contribution in [3.8, 4) is 0 Å². The molecule has 102 valence electrons. The van der Waals surface area contributed by atoms with Crippen LogP contribution in [0.4, 0.5) is 5.69 Å². The Labute approximate surface area is 136 Å². The Kier molecular flexibility index (Phi) is 4.71. The van der Waals surface area contributed by atoms with E-state index in [0.29, 0.717) is 5.56 Å². The Morgan fingerprint density at radius 2 is 2.00 bits per heavy atom. The third kappa shape index (κ3) is 3.34. The molecule has 2 N–H and O–H groups in total. The Morgan fingerprint density at radius 3 is 2.70 bits per heavy atom. The van der Waals surface area contributed by atoms with E-state index in [1.54, 1.807) is 12.1 Å². The van der Waals surface area contributed by atoms with Crippen molar-refractivity contribution in [1.82, 2.24) is 4.98 Å². The number of nitrogens with one attached hydrogen (secondary N) is 1. The van der Waals surface area contributed by atoms with Gasteiger partial charge in [-0.25, -0.2) is 4.79 Å². The van der Waals surface area contributed by atoms with Crippen molar-refractivity contribution in [2.45, 2.75) is 0 Å². The largest absolute Gasteiger partial charge is 0.478 e. The Balaban J connectivity index is 2.33. The van der Waals surface area contributed by atoms with E-state index in [0.717, 1.165) is 8.04 Å². The van der Waals surface area contributed by atoms with Crippen LogP contribution in [-0.4, -0.2) is 22.0 Å². The molecule has 20 heavy (non-hydrogen) atoms. The fourth-order valence-corrected chi connectivity index (χ4v) is 2.48. The lowest BCUT2D eigenvalue weighted by atomic mass is 10.2. The van der Waals surface area contributed by atoms with Gasteiger partial charge in [-0.05, 0) is 46.9 Å². The second-order valence-corrected chi connectivity index (χ2v) is 5.88. The van der Waals surface area contributed by atoms with Crippen molar-refractivity contribution >= 4 is 56.1 Å². The first kappa shape index (κ1) is 14.9. The van der Waals surface area contributed by atoms with E-state index in [4.69, 9.17) is 5.11 Å². The number of hydrogen-bond donors (Lipinski definition) is 2. The third-order valence-electron chi connectivity index (χ3n) is 2.47. The number of pyridine rings is 1. The summed E-state index contributed by atoms with van der Waals surface area (Å²) in [5.41, 5.74) is 0.624. The lowest BCUT2D eigenvalue weighted by Gasteiger charge is -2.09. The molecule has 0 aliphatic carbocycles. The highest BCUT2D eigenvalue weighted by Crippen LogP contribution is 2.21. The molecular formula is C13H8BrIN2O3. The summed E-state index contributed by atoms with van der Waals surface area (Å²) in [6, 6.07) is 6.63. The summed E-state index contributed by atoms with van der Waals surface area (Å²) in [4.78, 5) is 27.1. The molecule has 0 saturated carbocycles. The summed E-state index contributed by atoms with van der Waals surface area (Å²) < 4.78 is 1.54. The van der Waals surface area contributed by atoms with E-state index in [1.165, 1.54) is 18.5 Å². The standard InChI is InChI=1S/C13H8BrIN2O3/c14-7-1-2-10(15)9(5-7)12(18)17-11-6-16-4-3-8(11)13(19)20/h1-6H,(H,17,18)(H,19,20). The van der Waals surface area contributed by atoms with E-state index >= 15 is 0 Å². The van der Waals surface area contributed by atoms with Crippen LogP contribution in [0.15, 0.2) is 41.1 Å². The quantitative estimate of drug-likeness (QED) is 0.708. The zero-order chi connectivity index (χ0) is 14.7. The van der Waals surface area contributed by atoms with E-state index < -0.39 is 5.97 Å². The number of carbonyl (C=O) groups is 2. The molecule has 1 heterocycles. The van der Waals surface area contributed by atoms with E-state index in [9.17, 15) is 9.59 Å². The van der Waals surface area contributed by atoms with Crippen molar-refractivity contribution < 1.29 is 14.7 Å². The minimum absolute atomic E-state index is 0.00152. The minimum Gasteiger partial charge on any atom is -0.478 e. The average molecular weight is 447 g/mol. The number of nitrogens with zero attached hydrogens (tertiary/aromatic N) is 1. The van der Waals surface area contributed by atoms with E-state index in [1.807, 2.05) is 28.7 Å². The fourth-order valence-electron chi connectivity index (χ4n) is 1.54. The smallest absolute Gasteiger partial charge is 0.337 e. The zero-order valence-electron chi connectivity index (χ0n) is 9.93. The maximum Gasteiger partial charge on any atom is 0.337 e. The summed E-state index contributed by atoms with van der Waals surface area (Å²) >= 11 is 5.34. The van der Waals surface area contributed by atoms with E-state index in [2.05, 4.69) is 26.2 Å². The van der Waals surface area contributed by atoms with Gasteiger partial charge in [-0.2, -0.15) is 0 Å². The topological polar surface area (TPSA) is 79.3 Å². The minimum atomic E-state index is -1.12. The molecule has 0 aliphatic rings. The molecule has 5 nitrogen and oxygen atoms in total. The maximum absolute atomic E-state index is 12.2. The van der Waals surface area contributed by atoms with Gasteiger partial charge in [-0.3, -0.25) is 9.78 Å². The van der Waals surface area contributed by atoms with Gasteiger partial charge in [-0.15, -0.1) is 0 Å². The fraction of sp³-hybridized carbons (Fsp3) is 0. The molecular weight excluding hydrogens is 439 g/mol. The van der Waals surface area contributed by atoms with Crippen molar-refractivity contribution in [1.29, 1.82) is 0 Å². The van der Waals surface area contributed by atoms with Gasteiger partial charge in [0.2, 0.25) is 0 Å². The molecule has 0 aliphatic heterocycles. The Bertz CT molecular complexity index is 691. The number of amides is 1. The van der Waals surface area contributed by atoms with Gasteiger partial charge in [0.25, 0.3) is 5.91 Å². The summed E-state index contributed by atoms with van der Waals surface area (Å²) in [5, 5.41) is 11.6. The number of hydrogen-bond acceptors (Lipinski definition) is 3. The number of carboxylic acids is 1. The molecule has 0 fully saturated rings. The van der Waals surface area contributed by atoms with Crippen LogP contribution < -0.4 is 5.32 Å². The number of rotatable bonds is 3. The normalized spacial score (nSPS) is 10.1. The SMILES string of the molecule is O=C(Nc1cnccc1C(=O)O)c1cc(Br)ccc1I. The van der Waals surface area contributed by atoms with Gasteiger partial charge in [-0.1, -0.05) is 15.9 Å². The summed E-state index contributed by atoms with van der Waals surface area (Å²) in [5.74, 6) is -1.50. The highest BCUT2D eigenvalue weighted by Gasteiger charge is 2.15. The van der Waals surface area contributed by atoms with Gasteiger partial charge < -0.3 is 10.4 Å². The van der Waals surface area contributed by atoms with Crippen LogP contribution in [0.1, 0.15) is 20.7 Å². The number of carbonyl (C=O) groups excluding carboxylic acids is 1. The molecule has 2 aromatic rings. The van der Waals surface area contributed by atoms with Gasteiger partial charge in [0.1, 0.15) is 0 Å². The van der Waals surface area contributed by atoms with Crippen LogP contribution in [0.3, 0.4) is 0 Å². The molecule has 0 spiro atoms. The molecule has 0 bridgehead atoms. The lowest BCUT2D eigenvalue weighted by molar-refractivity contribution is 0.0698. The van der Waals surface area contributed by atoms with Crippen LogP contribution in [0.5, 0.6) is 0 Å². The van der Waals surface area contributed by atoms with Crippen molar-refractivity contribution in [3.63, 3.8) is 0 Å². The molecule has 2 rings (SSSR count). The molecule has 1 aromatic carbocycles. The summed E-state index contributed by atoms with van der Waals surface area (Å²) in [6.07, 6.45) is 2.67. The first-order valence-corrected chi connectivity index (χ1v) is 7.30. The molecule has 0 radical (unpaired) electrons. The maximum atomic E-state index is 12.2. The number of aromatic nitrogens is 1. The molecule has 0 unspecified atom stereocenters. The van der Waals surface area contributed by atoms with Gasteiger partial charge in [0, 0.05) is 14.2 Å². The predicted octanol–water partition coefficient (Wildman–Crippen LogP) is 3.40. The van der Waals surface area contributed by atoms with Crippen molar-refractivity contribution in [2.24, 2.45) is 0 Å². The third-order valence-corrected chi connectivity index (χ3v) is 3.91. The van der Waals surface area contributed by atoms with Gasteiger partial charge in [0.15, 0.2) is 0 Å². The number of halogens is 2. The number of anilines is 1. The average Bonchev–Trinajstić information content (AvgIpc) is 2.41. The second kappa shape index (κ2) is 6.31. The van der Waals surface area contributed by atoms with Crippen LogP contribution >= 0.6 is 38.5 Å². The molecule has 7 heteroatoms. The van der Waals surface area contributed by atoms with Crippen LogP contribution in [0.25, 0.3) is 0 Å². The first-order chi connectivity index (χ1) is 9.49. The highest BCUT2D eigenvalue weighted by atomic mass is 127.